The second-order valence-corrected chi connectivity index (χ2v) is 5.21. The summed E-state index contributed by atoms with van der Waals surface area (Å²) in [6.07, 6.45) is 6.19. The van der Waals surface area contributed by atoms with Gasteiger partial charge in [0.05, 0.1) is 0 Å². The zero-order valence-electron chi connectivity index (χ0n) is 10.3. The summed E-state index contributed by atoms with van der Waals surface area (Å²) in [5, 5.41) is 10.6. The van der Waals surface area contributed by atoms with Crippen LogP contribution < -0.4 is 0 Å². The molecule has 0 saturated heterocycles. The number of hydrogen-bond donors (Lipinski definition) is 1. The van der Waals surface area contributed by atoms with Gasteiger partial charge in [0.1, 0.15) is 0 Å². The van der Waals surface area contributed by atoms with E-state index in [0.717, 1.165) is 0 Å². The highest BCUT2D eigenvalue weighted by molar-refractivity contribution is 5.81. The number of aliphatic hydroxyl groups is 1. The normalized spacial score (nSPS) is 18.2. The number of aromatic nitrogens is 1. The Hall–Kier alpha value is -1.28. The molecule has 1 unspecified atom stereocenters. The van der Waals surface area contributed by atoms with Crippen molar-refractivity contribution in [3.05, 3.63) is 36.0 Å². The third kappa shape index (κ3) is 1.77. The van der Waals surface area contributed by atoms with E-state index in [1.807, 2.05) is 0 Å². The minimum Gasteiger partial charge on any atom is -0.396 e. The quantitative estimate of drug-likeness (QED) is 0.856. The molecule has 3 rings (SSSR count). The Morgan fingerprint density at radius 2 is 2.18 bits per heavy atom. The summed E-state index contributed by atoms with van der Waals surface area (Å²) in [5.74, 6) is 0.226. The Morgan fingerprint density at radius 3 is 2.82 bits per heavy atom. The van der Waals surface area contributed by atoms with Crippen molar-refractivity contribution in [2.45, 2.75) is 38.1 Å². The van der Waals surface area contributed by atoms with Crippen molar-refractivity contribution >= 4 is 10.9 Å². The van der Waals surface area contributed by atoms with Gasteiger partial charge in [-0.25, -0.2) is 0 Å². The van der Waals surface area contributed by atoms with Gasteiger partial charge in [-0.3, -0.25) is 0 Å². The van der Waals surface area contributed by atoms with Gasteiger partial charge in [0.2, 0.25) is 0 Å². The second-order valence-electron chi connectivity index (χ2n) is 5.21. The van der Waals surface area contributed by atoms with E-state index in [4.69, 9.17) is 0 Å². The average Bonchev–Trinajstić information content (AvgIpc) is 2.69. The molecule has 1 aromatic heterocycles. The highest BCUT2D eigenvalue weighted by atomic mass is 16.3. The van der Waals surface area contributed by atoms with Gasteiger partial charge < -0.3 is 9.67 Å². The maximum absolute atomic E-state index is 9.24. The monoisotopic (exact) mass is 229 g/mol. The predicted octanol–water partition coefficient (Wildman–Crippen LogP) is 3.46. The van der Waals surface area contributed by atoms with Crippen LogP contribution in [0.3, 0.4) is 0 Å². The maximum atomic E-state index is 9.24. The number of hydrogen-bond acceptors (Lipinski definition) is 1. The summed E-state index contributed by atoms with van der Waals surface area (Å²) >= 11 is 0. The molecule has 90 valence electrons. The fraction of sp³-hybridized carbons (Fsp3) is 0.467. The lowest BCUT2D eigenvalue weighted by Gasteiger charge is -2.28. The summed E-state index contributed by atoms with van der Waals surface area (Å²) in [7, 11) is 0. The molecule has 1 aliphatic carbocycles. The Kier molecular flexibility index (Phi) is 2.67. The highest BCUT2D eigenvalue weighted by Gasteiger charge is 2.20. The van der Waals surface area contributed by atoms with E-state index in [0.29, 0.717) is 6.04 Å². The van der Waals surface area contributed by atoms with E-state index in [1.165, 1.54) is 35.7 Å². The van der Waals surface area contributed by atoms with Gasteiger partial charge in [0.25, 0.3) is 0 Å². The molecular weight excluding hydrogens is 210 g/mol. The van der Waals surface area contributed by atoms with Crippen LogP contribution in [0.15, 0.2) is 30.5 Å². The van der Waals surface area contributed by atoms with Crippen LogP contribution in [0.1, 0.15) is 43.7 Å². The highest BCUT2D eigenvalue weighted by Crippen LogP contribution is 2.35. The Balaban J connectivity index is 2.05. The molecule has 0 spiro atoms. The number of benzene rings is 1. The van der Waals surface area contributed by atoms with E-state index >= 15 is 0 Å². The second kappa shape index (κ2) is 4.19. The summed E-state index contributed by atoms with van der Waals surface area (Å²) < 4.78 is 2.41. The molecule has 17 heavy (non-hydrogen) atoms. The van der Waals surface area contributed by atoms with Gasteiger partial charge in [-0.15, -0.1) is 0 Å². The first-order valence-electron chi connectivity index (χ1n) is 6.51. The first kappa shape index (κ1) is 10.8. The number of fused-ring (bicyclic) bond motifs is 1. The minimum atomic E-state index is 0.218. The molecule has 1 aliphatic rings. The maximum Gasteiger partial charge on any atom is 0.0497 e. The summed E-state index contributed by atoms with van der Waals surface area (Å²) in [6, 6.07) is 9.45. The average molecular weight is 229 g/mol. The van der Waals surface area contributed by atoms with E-state index in [1.54, 1.807) is 0 Å². The van der Waals surface area contributed by atoms with Crippen molar-refractivity contribution in [1.82, 2.24) is 4.57 Å². The fourth-order valence-corrected chi connectivity index (χ4v) is 2.56. The van der Waals surface area contributed by atoms with Crippen LogP contribution >= 0.6 is 0 Å². The van der Waals surface area contributed by atoms with Crippen molar-refractivity contribution in [1.29, 1.82) is 0 Å². The van der Waals surface area contributed by atoms with Gasteiger partial charge in [-0.1, -0.05) is 19.1 Å². The minimum absolute atomic E-state index is 0.218. The molecule has 0 bridgehead atoms. The molecule has 2 aromatic rings. The van der Waals surface area contributed by atoms with E-state index in [9.17, 15) is 5.11 Å². The zero-order chi connectivity index (χ0) is 11.8. The largest absolute Gasteiger partial charge is 0.396 e. The lowest BCUT2D eigenvalue weighted by Crippen LogP contribution is -2.15. The van der Waals surface area contributed by atoms with Crippen LogP contribution in [0.25, 0.3) is 10.9 Å². The first-order valence-corrected chi connectivity index (χ1v) is 6.51. The lowest BCUT2D eigenvalue weighted by molar-refractivity contribution is 0.273. The standard InChI is InChI=1S/C15H19NO/c1-11(10-17)13-6-5-12-7-8-16(15(12)9-13)14-3-2-4-14/h5-9,11,14,17H,2-4,10H2,1H3. The Bertz CT molecular complexity index is 525. The number of nitrogens with zero attached hydrogens (tertiary/aromatic N) is 1. The number of rotatable bonds is 3. The molecule has 1 aromatic carbocycles. The van der Waals surface area contributed by atoms with Gasteiger partial charge in [0, 0.05) is 30.3 Å². The van der Waals surface area contributed by atoms with E-state index < -0.39 is 0 Å². The van der Waals surface area contributed by atoms with Crippen molar-refractivity contribution in [2.24, 2.45) is 0 Å². The summed E-state index contributed by atoms with van der Waals surface area (Å²) in [5.41, 5.74) is 2.56. The first-order chi connectivity index (χ1) is 8.29. The fourth-order valence-electron chi connectivity index (χ4n) is 2.56. The van der Waals surface area contributed by atoms with Crippen LogP contribution in [-0.2, 0) is 0 Å². The van der Waals surface area contributed by atoms with Crippen molar-refractivity contribution in [2.75, 3.05) is 6.61 Å². The summed E-state index contributed by atoms with van der Waals surface area (Å²) in [4.78, 5) is 0. The Morgan fingerprint density at radius 1 is 1.35 bits per heavy atom. The molecule has 1 saturated carbocycles. The van der Waals surface area contributed by atoms with Crippen molar-refractivity contribution in [3.63, 3.8) is 0 Å². The van der Waals surface area contributed by atoms with Crippen LogP contribution in [-0.4, -0.2) is 16.3 Å². The molecule has 1 fully saturated rings. The van der Waals surface area contributed by atoms with Gasteiger partial charge in [-0.2, -0.15) is 0 Å². The molecular formula is C15H19NO. The third-order valence-corrected chi connectivity index (χ3v) is 4.06. The molecule has 0 radical (unpaired) electrons. The third-order valence-electron chi connectivity index (χ3n) is 4.06. The van der Waals surface area contributed by atoms with Crippen LogP contribution in [0.4, 0.5) is 0 Å². The molecule has 1 atom stereocenters. The molecule has 2 heteroatoms. The molecule has 1 heterocycles. The smallest absolute Gasteiger partial charge is 0.0497 e. The zero-order valence-corrected chi connectivity index (χ0v) is 10.3. The molecule has 1 N–H and O–H groups in total. The topological polar surface area (TPSA) is 25.2 Å². The lowest BCUT2D eigenvalue weighted by atomic mass is 9.92. The van der Waals surface area contributed by atoms with Crippen LogP contribution in [0.2, 0.25) is 0 Å². The van der Waals surface area contributed by atoms with Crippen LogP contribution in [0, 0.1) is 0 Å². The SMILES string of the molecule is CC(CO)c1ccc2ccn(C3CCC3)c2c1. The van der Waals surface area contributed by atoms with Gasteiger partial charge >= 0.3 is 0 Å². The molecule has 0 aliphatic heterocycles. The van der Waals surface area contributed by atoms with Crippen LogP contribution in [0.5, 0.6) is 0 Å². The van der Waals surface area contributed by atoms with Crippen molar-refractivity contribution in [3.8, 4) is 0 Å². The Labute approximate surface area is 102 Å². The number of aliphatic hydroxyl groups excluding tert-OH is 1. The predicted molar refractivity (Wildman–Crippen MR) is 70.3 cm³/mol. The van der Waals surface area contributed by atoms with E-state index in [-0.39, 0.29) is 12.5 Å². The van der Waals surface area contributed by atoms with Gasteiger partial charge in [-0.05, 0) is 42.3 Å². The molecule has 2 nitrogen and oxygen atoms in total. The summed E-state index contributed by atoms with van der Waals surface area (Å²) in [6.45, 7) is 2.29. The molecule has 0 amide bonds. The van der Waals surface area contributed by atoms with Gasteiger partial charge in [0.15, 0.2) is 0 Å². The van der Waals surface area contributed by atoms with Crippen molar-refractivity contribution < 1.29 is 5.11 Å². The van der Waals surface area contributed by atoms with E-state index in [2.05, 4.69) is 42.0 Å².